The summed E-state index contributed by atoms with van der Waals surface area (Å²) in [4.78, 5) is 11.1. The minimum Gasteiger partial charge on any atom is -0.423 e. The summed E-state index contributed by atoms with van der Waals surface area (Å²) in [6.07, 6.45) is 4.13. The van der Waals surface area contributed by atoms with Crippen LogP contribution in [0.4, 0.5) is 5.69 Å². The normalized spacial score (nSPS) is 13.6. The van der Waals surface area contributed by atoms with E-state index in [4.69, 9.17) is 4.42 Å². The molecule has 2 heterocycles. The summed E-state index contributed by atoms with van der Waals surface area (Å²) < 4.78 is 5.11. The lowest BCUT2D eigenvalue weighted by molar-refractivity contribution is 0.561. The quantitative estimate of drug-likeness (QED) is 0.661. The smallest absolute Gasteiger partial charge is 0.336 e. The summed E-state index contributed by atoms with van der Waals surface area (Å²) in [7, 11) is 0. The molecule has 1 N–H and O–H groups in total. The van der Waals surface area contributed by atoms with E-state index in [-0.39, 0.29) is 5.63 Å². The molecule has 1 aliphatic rings. The highest BCUT2D eigenvalue weighted by Gasteiger charge is 2.06. The summed E-state index contributed by atoms with van der Waals surface area (Å²) >= 11 is 0. The Kier molecular flexibility index (Phi) is 1.65. The standard InChI is InChI=1S/C12H9NO2/c14-12-4-3-9-6-8-2-1-5-13-10(8)7-11(9)15-12/h1-4,6-7,13H,5H2. The first-order valence-electron chi connectivity index (χ1n) is 4.81. The highest BCUT2D eigenvalue weighted by atomic mass is 16.4. The van der Waals surface area contributed by atoms with Gasteiger partial charge in [-0.15, -0.1) is 0 Å². The molecule has 0 unspecified atom stereocenters. The highest BCUT2D eigenvalue weighted by Crippen LogP contribution is 2.26. The molecule has 74 valence electrons. The van der Waals surface area contributed by atoms with Gasteiger partial charge in [0.2, 0.25) is 0 Å². The van der Waals surface area contributed by atoms with E-state index in [9.17, 15) is 4.79 Å². The van der Waals surface area contributed by atoms with Gasteiger partial charge in [0.1, 0.15) is 5.58 Å². The van der Waals surface area contributed by atoms with E-state index in [1.54, 1.807) is 6.07 Å². The van der Waals surface area contributed by atoms with Gasteiger partial charge in [0.15, 0.2) is 0 Å². The molecule has 1 aromatic carbocycles. The molecule has 1 aromatic heterocycles. The molecule has 1 aliphatic heterocycles. The van der Waals surface area contributed by atoms with Crippen molar-refractivity contribution in [2.45, 2.75) is 0 Å². The fraction of sp³-hybridized carbons (Fsp3) is 0.0833. The van der Waals surface area contributed by atoms with Crippen LogP contribution in [0.1, 0.15) is 5.56 Å². The van der Waals surface area contributed by atoms with Crippen molar-refractivity contribution in [1.29, 1.82) is 0 Å². The molecule has 15 heavy (non-hydrogen) atoms. The van der Waals surface area contributed by atoms with Crippen LogP contribution in [0.15, 0.2) is 39.6 Å². The number of hydrogen-bond acceptors (Lipinski definition) is 3. The predicted octanol–water partition coefficient (Wildman–Crippen LogP) is 2.23. The van der Waals surface area contributed by atoms with E-state index in [0.717, 1.165) is 23.2 Å². The van der Waals surface area contributed by atoms with Gasteiger partial charge in [-0.1, -0.05) is 12.2 Å². The Bertz CT molecular complexity index is 611. The van der Waals surface area contributed by atoms with Crippen molar-refractivity contribution in [1.82, 2.24) is 0 Å². The summed E-state index contributed by atoms with van der Waals surface area (Å²) in [6.45, 7) is 0.815. The monoisotopic (exact) mass is 199 g/mol. The Hall–Kier alpha value is -2.03. The fourth-order valence-electron chi connectivity index (χ4n) is 1.78. The van der Waals surface area contributed by atoms with E-state index in [2.05, 4.69) is 17.5 Å². The number of benzene rings is 1. The Morgan fingerprint density at radius 2 is 2.20 bits per heavy atom. The Morgan fingerprint density at radius 3 is 3.13 bits per heavy atom. The SMILES string of the molecule is O=c1ccc2cc3c(cc2o1)NCC=C3. The lowest BCUT2D eigenvalue weighted by atomic mass is 10.1. The van der Waals surface area contributed by atoms with Crippen LogP contribution in [0, 0.1) is 0 Å². The van der Waals surface area contributed by atoms with Crippen LogP contribution >= 0.6 is 0 Å². The van der Waals surface area contributed by atoms with Gasteiger partial charge in [-0.05, 0) is 17.7 Å². The topological polar surface area (TPSA) is 42.2 Å². The summed E-state index contributed by atoms with van der Waals surface area (Å²) in [5.74, 6) is 0. The van der Waals surface area contributed by atoms with Gasteiger partial charge in [0.05, 0.1) is 0 Å². The van der Waals surface area contributed by atoms with E-state index < -0.39 is 0 Å². The van der Waals surface area contributed by atoms with Gasteiger partial charge in [-0.25, -0.2) is 4.79 Å². The molecule has 0 saturated carbocycles. The van der Waals surface area contributed by atoms with Crippen LogP contribution in [-0.4, -0.2) is 6.54 Å². The third-order valence-corrected chi connectivity index (χ3v) is 2.50. The first-order chi connectivity index (χ1) is 7.33. The summed E-state index contributed by atoms with van der Waals surface area (Å²) in [6, 6.07) is 7.10. The van der Waals surface area contributed by atoms with Gasteiger partial charge < -0.3 is 9.73 Å². The maximum absolute atomic E-state index is 11.1. The number of fused-ring (bicyclic) bond motifs is 2. The van der Waals surface area contributed by atoms with Crippen LogP contribution in [0.5, 0.6) is 0 Å². The van der Waals surface area contributed by atoms with Gasteiger partial charge in [0, 0.05) is 29.8 Å². The molecule has 0 bridgehead atoms. The number of rotatable bonds is 0. The van der Waals surface area contributed by atoms with Crippen LogP contribution in [0.2, 0.25) is 0 Å². The van der Waals surface area contributed by atoms with Gasteiger partial charge in [-0.2, -0.15) is 0 Å². The van der Waals surface area contributed by atoms with Gasteiger partial charge in [0.25, 0.3) is 0 Å². The molecule has 0 fully saturated rings. The average molecular weight is 199 g/mol. The second-order valence-corrected chi connectivity index (χ2v) is 3.51. The lowest BCUT2D eigenvalue weighted by Gasteiger charge is -2.13. The van der Waals surface area contributed by atoms with Crippen molar-refractivity contribution >= 4 is 22.7 Å². The zero-order valence-corrected chi connectivity index (χ0v) is 7.99. The van der Waals surface area contributed by atoms with Crippen molar-refractivity contribution in [3.05, 3.63) is 46.3 Å². The highest BCUT2D eigenvalue weighted by molar-refractivity contribution is 5.87. The molecule has 0 radical (unpaired) electrons. The Balaban J connectivity index is 2.36. The predicted molar refractivity (Wildman–Crippen MR) is 60.0 cm³/mol. The minimum atomic E-state index is -0.311. The second kappa shape index (κ2) is 2.98. The molecule has 0 spiro atoms. The first-order valence-corrected chi connectivity index (χ1v) is 4.81. The van der Waals surface area contributed by atoms with Crippen molar-refractivity contribution in [2.24, 2.45) is 0 Å². The fourth-order valence-corrected chi connectivity index (χ4v) is 1.78. The average Bonchev–Trinajstić information content (AvgIpc) is 2.26. The minimum absolute atomic E-state index is 0.311. The van der Waals surface area contributed by atoms with E-state index in [1.807, 2.05) is 12.1 Å². The number of hydrogen-bond donors (Lipinski definition) is 1. The Labute approximate surface area is 86.0 Å². The molecule has 2 aromatic rings. The van der Waals surface area contributed by atoms with Crippen molar-refractivity contribution in [3.63, 3.8) is 0 Å². The first kappa shape index (κ1) is 8.29. The third-order valence-electron chi connectivity index (χ3n) is 2.50. The van der Waals surface area contributed by atoms with Crippen molar-refractivity contribution < 1.29 is 4.42 Å². The molecule has 3 rings (SSSR count). The summed E-state index contributed by atoms with van der Waals surface area (Å²) in [5, 5.41) is 4.17. The lowest BCUT2D eigenvalue weighted by Crippen LogP contribution is -2.04. The maximum atomic E-state index is 11.1. The molecule has 3 heteroatoms. The second-order valence-electron chi connectivity index (χ2n) is 3.51. The molecular weight excluding hydrogens is 190 g/mol. The van der Waals surface area contributed by atoms with E-state index >= 15 is 0 Å². The number of nitrogens with one attached hydrogen (secondary N) is 1. The maximum Gasteiger partial charge on any atom is 0.336 e. The van der Waals surface area contributed by atoms with E-state index in [1.165, 1.54) is 6.07 Å². The van der Waals surface area contributed by atoms with Gasteiger partial charge in [-0.3, -0.25) is 0 Å². The van der Waals surface area contributed by atoms with Crippen LogP contribution in [0.25, 0.3) is 17.0 Å². The molecular formula is C12H9NO2. The molecule has 0 amide bonds. The van der Waals surface area contributed by atoms with E-state index in [0.29, 0.717) is 5.58 Å². The molecule has 0 atom stereocenters. The molecule has 0 saturated heterocycles. The van der Waals surface area contributed by atoms with Crippen molar-refractivity contribution in [3.8, 4) is 0 Å². The number of anilines is 1. The van der Waals surface area contributed by atoms with Crippen molar-refractivity contribution in [2.75, 3.05) is 11.9 Å². The van der Waals surface area contributed by atoms with Crippen LogP contribution < -0.4 is 10.9 Å². The molecule has 3 nitrogen and oxygen atoms in total. The zero-order valence-electron chi connectivity index (χ0n) is 7.99. The Morgan fingerprint density at radius 1 is 1.27 bits per heavy atom. The summed E-state index contributed by atoms with van der Waals surface area (Å²) in [5.41, 5.74) is 2.46. The largest absolute Gasteiger partial charge is 0.423 e. The van der Waals surface area contributed by atoms with Crippen LogP contribution in [-0.2, 0) is 0 Å². The van der Waals surface area contributed by atoms with Crippen LogP contribution in [0.3, 0.4) is 0 Å². The third kappa shape index (κ3) is 1.32. The van der Waals surface area contributed by atoms with Gasteiger partial charge >= 0.3 is 5.63 Å². The molecule has 0 aliphatic carbocycles. The zero-order chi connectivity index (χ0) is 10.3.